The highest BCUT2D eigenvalue weighted by Crippen LogP contribution is 2.26. The zero-order valence-electron chi connectivity index (χ0n) is 16.7. The maximum Gasteiger partial charge on any atom is 0.262 e. The fourth-order valence-corrected chi connectivity index (χ4v) is 4.28. The number of hydrogen-bond acceptors (Lipinski definition) is 6. The maximum absolute atomic E-state index is 13.1. The SMILES string of the molecule is COCCCn1c(SCc2coc(-c3ccc(Cl)cc3)n2)nc2cc(Cl)ccc2c1=O. The zero-order valence-corrected chi connectivity index (χ0v) is 19.0. The first kappa shape index (κ1) is 21.9. The molecule has 2 aromatic heterocycles. The van der Waals surface area contributed by atoms with Gasteiger partial charge >= 0.3 is 0 Å². The molecule has 0 bridgehead atoms. The molecule has 4 aromatic rings. The molecule has 2 heterocycles. The molecule has 0 radical (unpaired) electrons. The third-order valence-electron chi connectivity index (χ3n) is 4.60. The lowest BCUT2D eigenvalue weighted by Crippen LogP contribution is -2.24. The van der Waals surface area contributed by atoms with Crippen molar-refractivity contribution in [3.05, 3.63) is 74.8 Å². The van der Waals surface area contributed by atoms with Crippen LogP contribution in [0.2, 0.25) is 10.0 Å². The molecule has 9 heteroatoms. The first-order valence-electron chi connectivity index (χ1n) is 9.57. The largest absolute Gasteiger partial charge is 0.444 e. The minimum absolute atomic E-state index is 0.0951. The van der Waals surface area contributed by atoms with Crippen molar-refractivity contribution in [2.75, 3.05) is 13.7 Å². The highest BCUT2D eigenvalue weighted by atomic mass is 35.5. The van der Waals surface area contributed by atoms with Crippen LogP contribution in [0.15, 0.2) is 63.1 Å². The van der Waals surface area contributed by atoms with Gasteiger partial charge in [0.25, 0.3) is 5.56 Å². The van der Waals surface area contributed by atoms with Crippen LogP contribution in [0.5, 0.6) is 0 Å². The summed E-state index contributed by atoms with van der Waals surface area (Å²) in [5, 5.41) is 2.33. The second-order valence-corrected chi connectivity index (χ2v) is 8.61. The molecular weight excluding hydrogens is 457 g/mol. The number of methoxy groups -OCH3 is 1. The third-order valence-corrected chi connectivity index (χ3v) is 6.10. The Morgan fingerprint density at radius 1 is 1.10 bits per heavy atom. The van der Waals surface area contributed by atoms with E-state index in [0.717, 1.165) is 11.3 Å². The van der Waals surface area contributed by atoms with Crippen molar-refractivity contribution in [2.45, 2.75) is 23.9 Å². The van der Waals surface area contributed by atoms with E-state index in [1.807, 2.05) is 12.1 Å². The highest BCUT2D eigenvalue weighted by Gasteiger charge is 2.14. The summed E-state index contributed by atoms with van der Waals surface area (Å²) in [4.78, 5) is 22.3. The van der Waals surface area contributed by atoms with Gasteiger partial charge < -0.3 is 9.15 Å². The molecule has 0 spiro atoms. The molecule has 31 heavy (non-hydrogen) atoms. The van der Waals surface area contributed by atoms with E-state index in [9.17, 15) is 4.79 Å². The molecule has 2 aromatic carbocycles. The number of rotatable bonds is 8. The lowest BCUT2D eigenvalue weighted by atomic mass is 10.2. The Morgan fingerprint density at radius 2 is 1.87 bits per heavy atom. The number of halogens is 2. The number of aromatic nitrogens is 3. The standard InChI is InChI=1S/C22H19Cl2N3O3S/c1-29-10-2-9-27-21(28)18-8-7-16(24)11-19(18)26-22(27)31-13-17-12-30-20(25-17)14-3-5-15(23)6-4-14/h3-8,11-12H,2,9-10,13H2,1H3. The monoisotopic (exact) mass is 475 g/mol. The number of oxazole rings is 1. The van der Waals surface area contributed by atoms with Gasteiger partial charge in [0.05, 0.1) is 16.6 Å². The van der Waals surface area contributed by atoms with Gasteiger partial charge in [-0.3, -0.25) is 9.36 Å². The number of ether oxygens (including phenoxy) is 1. The zero-order chi connectivity index (χ0) is 21.8. The van der Waals surface area contributed by atoms with Gasteiger partial charge in [0, 0.05) is 41.6 Å². The molecule has 0 fully saturated rings. The van der Waals surface area contributed by atoms with Crippen molar-refractivity contribution < 1.29 is 9.15 Å². The van der Waals surface area contributed by atoms with E-state index in [2.05, 4.69) is 4.98 Å². The van der Waals surface area contributed by atoms with Gasteiger partial charge in [-0.15, -0.1) is 0 Å². The molecule has 6 nitrogen and oxygen atoms in total. The Hall–Kier alpha value is -2.32. The van der Waals surface area contributed by atoms with Crippen LogP contribution >= 0.6 is 35.0 Å². The van der Waals surface area contributed by atoms with Crippen LogP contribution in [0.1, 0.15) is 12.1 Å². The van der Waals surface area contributed by atoms with Crippen LogP contribution in [-0.4, -0.2) is 28.3 Å². The number of fused-ring (bicyclic) bond motifs is 1. The van der Waals surface area contributed by atoms with Crippen LogP contribution in [-0.2, 0) is 17.0 Å². The first-order chi connectivity index (χ1) is 15.0. The summed E-state index contributed by atoms with van der Waals surface area (Å²) in [6.45, 7) is 1.07. The van der Waals surface area contributed by atoms with Gasteiger partial charge in [0.15, 0.2) is 5.16 Å². The molecule has 0 saturated heterocycles. The summed E-state index contributed by atoms with van der Waals surface area (Å²) in [6.07, 6.45) is 2.32. The number of benzene rings is 2. The molecule has 0 aliphatic heterocycles. The summed E-state index contributed by atoms with van der Waals surface area (Å²) in [7, 11) is 1.64. The van der Waals surface area contributed by atoms with Crippen molar-refractivity contribution >= 4 is 45.9 Å². The van der Waals surface area contributed by atoms with Crippen molar-refractivity contribution in [3.8, 4) is 11.5 Å². The molecule has 0 unspecified atom stereocenters. The highest BCUT2D eigenvalue weighted by molar-refractivity contribution is 7.98. The lowest BCUT2D eigenvalue weighted by molar-refractivity contribution is 0.189. The summed E-state index contributed by atoms with van der Waals surface area (Å²) in [5.74, 6) is 1.02. The summed E-state index contributed by atoms with van der Waals surface area (Å²) in [5.41, 5.74) is 2.07. The second-order valence-electron chi connectivity index (χ2n) is 6.80. The fourth-order valence-electron chi connectivity index (χ4n) is 3.09. The number of nitrogens with zero attached hydrogens (tertiary/aromatic N) is 3. The van der Waals surface area contributed by atoms with E-state index in [1.54, 1.807) is 48.3 Å². The van der Waals surface area contributed by atoms with Crippen LogP contribution < -0.4 is 5.56 Å². The Balaban J connectivity index is 1.60. The van der Waals surface area contributed by atoms with Gasteiger partial charge in [-0.25, -0.2) is 9.97 Å². The minimum atomic E-state index is -0.0951. The van der Waals surface area contributed by atoms with E-state index >= 15 is 0 Å². The Labute approximate surface area is 193 Å². The van der Waals surface area contributed by atoms with E-state index < -0.39 is 0 Å². The van der Waals surface area contributed by atoms with Gasteiger partial charge in [0.2, 0.25) is 5.89 Å². The number of thioether (sulfide) groups is 1. The average molecular weight is 476 g/mol. The molecule has 0 N–H and O–H groups in total. The van der Waals surface area contributed by atoms with E-state index in [4.69, 9.17) is 37.3 Å². The molecule has 0 saturated carbocycles. The predicted octanol–water partition coefficient (Wildman–Crippen LogP) is 5.69. The van der Waals surface area contributed by atoms with E-state index in [0.29, 0.717) is 57.3 Å². The number of hydrogen-bond donors (Lipinski definition) is 0. The smallest absolute Gasteiger partial charge is 0.262 e. The topological polar surface area (TPSA) is 70.2 Å². The molecular formula is C22H19Cl2N3O3S. The normalized spacial score (nSPS) is 11.3. The maximum atomic E-state index is 13.1. The lowest BCUT2D eigenvalue weighted by Gasteiger charge is -2.12. The molecule has 4 rings (SSSR count). The summed E-state index contributed by atoms with van der Waals surface area (Å²) in [6, 6.07) is 12.4. The Morgan fingerprint density at radius 3 is 2.65 bits per heavy atom. The molecule has 0 amide bonds. The minimum Gasteiger partial charge on any atom is -0.444 e. The summed E-state index contributed by atoms with van der Waals surface area (Å²) >= 11 is 13.5. The molecule has 160 valence electrons. The van der Waals surface area contributed by atoms with Gasteiger partial charge in [-0.05, 0) is 48.9 Å². The van der Waals surface area contributed by atoms with Crippen LogP contribution in [0.4, 0.5) is 0 Å². The van der Waals surface area contributed by atoms with Gasteiger partial charge in [-0.2, -0.15) is 0 Å². The first-order valence-corrected chi connectivity index (χ1v) is 11.3. The fraction of sp³-hybridized carbons (Fsp3) is 0.227. The van der Waals surface area contributed by atoms with Gasteiger partial charge in [0.1, 0.15) is 6.26 Å². The molecule has 0 aliphatic rings. The van der Waals surface area contributed by atoms with Crippen molar-refractivity contribution in [1.82, 2.24) is 14.5 Å². The van der Waals surface area contributed by atoms with Crippen molar-refractivity contribution in [2.24, 2.45) is 0 Å². The van der Waals surface area contributed by atoms with Gasteiger partial charge in [-0.1, -0.05) is 35.0 Å². The quantitative estimate of drug-likeness (QED) is 0.185. The van der Waals surface area contributed by atoms with Crippen molar-refractivity contribution in [3.63, 3.8) is 0 Å². The second kappa shape index (κ2) is 9.87. The van der Waals surface area contributed by atoms with Crippen LogP contribution in [0, 0.1) is 0 Å². The molecule has 0 atom stereocenters. The van der Waals surface area contributed by atoms with Crippen LogP contribution in [0.3, 0.4) is 0 Å². The average Bonchev–Trinajstić information content (AvgIpc) is 3.23. The summed E-state index contributed by atoms with van der Waals surface area (Å²) < 4.78 is 12.4. The Kier molecular flexibility index (Phi) is 6.97. The van der Waals surface area contributed by atoms with E-state index in [-0.39, 0.29) is 5.56 Å². The van der Waals surface area contributed by atoms with Crippen LogP contribution in [0.25, 0.3) is 22.4 Å². The molecule has 0 aliphatic carbocycles. The Bertz CT molecular complexity index is 1260. The third kappa shape index (κ3) is 5.13. The predicted molar refractivity (Wildman–Crippen MR) is 124 cm³/mol. The van der Waals surface area contributed by atoms with E-state index in [1.165, 1.54) is 11.8 Å². The van der Waals surface area contributed by atoms with Crippen molar-refractivity contribution in [1.29, 1.82) is 0 Å².